The van der Waals surface area contributed by atoms with Crippen molar-refractivity contribution in [3.05, 3.63) is 48.0 Å². The van der Waals surface area contributed by atoms with Crippen LogP contribution in [-0.2, 0) is 70.4 Å². The zero-order valence-electron chi connectivity index (χ0n) is 43.7. The van der Waals surface area contributed by atoms with Gasteiger partial charge in [0, 0.05) is 44.1 Å². The molecule has 2 rings (SSSR count). The van der Waals surface area contributed by atoms with Crippen molar-refractivity contribution in [1.82, 2.24) is 52.5 Å². The second-order valence-corrected chi connectivity index (χ2v) is 18.1. The largest absolute Gasteiger partial charge is 0.508 e. The van der Waals surface area contributed by atoms with E-state index in [0.29, 0.717) is 5.69 Å². The zero-order valence-corrected chi connectivity index (χ0v) is 43.7. The average Bonchev–Trinajstić information content (AvgIpc) is 3.93. The smallest absolute Gasteiger partial charge is 0.326 e. The van der Waals surface area contributed by atoms with E-state index in [1.807, 2.05) is 0 Å². The number of aromatic amines is 1. The highest BCUT2D eigenvalue weighted by molar-refractivity contribution is 5.99. The van der Waals surface area contributed by atoms with Crippen LogP contribution in [0.15, 0.2) is 41.8 Å². The van der Waals surface area contributed by atoms with Crippen molar-refractivity contribution in [2.45, 2.75) is 131 Å². The molecule has 9 atom stereocenters. The lowest BCUT2D eigenvalue weighted by molar-refractivity contribution is -0.143. The maximum atomic E-state index is 14.0. The Balaban J connectivity index is 2.39. The van der Waals surface area contributed by atoms with Crippen molar-refractivity contribution >= 4 is 77.1 Å². The highest BCUT2D eigenvalue weighted by atomic mass is 16.4. The fourth-order valence-electron chi connectivity index (χ4n) is 7.33. The van der Waals surface area contributed by atoms with Crippen LogP contribution < -0.4 is 65.5 Å². The molecule has 448 valence electrons. The number of unbranched alkanes of at least 4 members (excludes halogenated alkanes) is 1. The summed E-state index contributed by atoms with van der Waals surface area (Å²) >= 11 is 0. The SMILES string of the molecule is NCCCC[C@H](NC(=O)[C@H](CC(=O)O)NC(=O)[C@H](CO)NC(=O)[C@H](CCCN=C(N)N)NC(=O)[C@@H](N)CCC(=O)O)C(=O)N[C@@H](CO)C(=O)N[C@@H](Cc1ccc(O)cc1)C(=O)N[C@@H](CCC(=O)O)C(=O)N[C@@H](Cc1cnc[nH]1)C(=O)O. The maximum Gasteiger partial charge on any atom is 0.326 e. The number of carbonyl (C=O) groups is 12. The van der Waals surface area contributed by atoms with E-state index in [1.165, 1.54) is 36.8 Å². The van der Waals surface area contributed by atoms with Crippen molar-refractivity contribution in [3.63, 3.8) is 0 Å². The summed E-state index contributed by atoms with van der Waals surface area (Å²) in [5, 5.41) is 86.3. The maximum absolute atomic E-state index is 14.0. The number of carboxylic acids is 4. The van der Waals surface area contributed by atoms with Crippen LogP contribution in [0, 0.1) is 0 Å². The fourth-order valence-corrected chi connectivity index (χ4v) is 7.33. The molecule has 81 heavy (non-hydrogen) atoms. The normalized spacial score (nSPS) is 14.2. The van der Waals surface area contributed by atoms with Crippen LogP contribution in [-0.4, -0.2) is 203 Å². The Bertz CT molecular complexity index is 2500. The van der Waals surface area contributed by atoms with Crippen LogP contribution >= 0.6 is 0 Å². The lowest BCUT2D eigenvalue weighted by atomic mass is 10.0. The van der Waals surface area contributed by atoms with E-state index in [1.54, 1.807) is 0 Å². The number of rotatable bonds is 39. The number of hydrogen-bond donors (Lipinski definition) is 20. The van der Waals surface area contributed by atoms with E-state index in [0.717, 1.165) is 0 Å². The van der Waals surface area contributed by atoms with Crippen LogP contribution in [0.4, 0.5) is 0 Å². The Kier molecular flexibility index (Phi) is 29.8. The number of H-pyrrole nitrogens is 1. The molecule has 0 unspecified atom stereocenters. The van der Waals surface area contributed by atoms with Crippen LogP contribution in [0.5, 0.6) is 5.75 Å². The summed E-state index contributed by atoms with van der Waals surface area (Å²) in [6, 6.07) is -10.3. The average molecular weight is 1150 g/mol. The molecule has 0 aliphatic carbocycles. The predicted octanol–water partition coefficient (Wildman–Crippen LogP) is -7.44. The van der Waals surface area contributed by atoms with E-state index in [-0.39, 0.29) is 75.3 Å². The van der Waals surface area contributed by atoms with Gasteiger partial charge in [-0.25, -0.2) is 9.78 Å². The molecule has 1 aromatic heterocycles. The molecule has 0 bridgehead atoms. The number of amides is 8. The highest BCUT2D eigenvalue weighted by Gasteiger charge is 2.36. The Hall–Kier alpha value is -9.02. The third-order valence-electron chi connectivity index (χ3n) is 11.7. The summed E-state index contributed by atoms with van der Waals surface area (Å²) < 4.78 is 0. The number of nitrogens with one attached hydrogen (secondary N) is 9. The standard InChI is InChI=1S/C47H71N15O19/c48-14-2-1-4-27(56-43(77)31(18-37(70)71)59-45(79)34(21-64)62-40(74)28(5-3-15-53-47(50)51)55-38(72)26(49)10-12-35(66)67)39(73)61-33(20-63)44(78)58-30(16-23-6-8-25(65)9-7-23)42(76)57-29(11-13-36(68)69)41(75)60-32(46(80)81)17-24-19-52-22-54-24/h6-9,19,22,26-34,63-65H,1-5,10-18,20-21,48-49H2,(H,52,54)(H,55,72)(H,56,77)(H,57,76)(H,58,78)(H,59,79)(H,60,75)(H,61,73)(H,62,74)(H,66,67)(H,68,69)(H,70,71)(H,80,81)(H4,50,51,53)/t26-,27-,28-,29-,30-,31-,32-,33-,34-/m0/s1. The molecule has 34 heteroatoms. The molecule has 0 saturated heterocycles. The van der Waals surface area contributed by atoms with E-state index in [2.05, 4.69) is 57.5 Å². The lowest BCUT2D eigenvalue weighted by Gasteiger charge is -2.27. The molecule has 0 radical (unpaired) electrons. The molecule has 34 nitrogen and oxygen atoms in total. The molecule has 2 aromatic rings. The van der Waals surface area contributed by atoms with Crippen LogP contribution in [0.3, 0.4) is 0 Å². The number of phenols is 1. The van der Waals surface area contributed by atoms with Gasteiger partial charge in [0.15, 0.2) is 5.96 Å². The number of aromatic hydroxyl groups is 1. The number of aliphatic carboxylic acids is 4. The number of aliphatic imine (C=N–C) groups is 1. The minimum absolute atomic E-state index is 0.0413. The molecule has 24 N–H and O–H groups in total. The van der Waals surface area contributed by atoms with Crippen LogP contribution in [0.1, 0.15) is 75.5 Å². The number of nitrogens with two attached hydrogens (primary N) is 4. The zero-order chi connectivity index (χ0) is 60.8. The molecule has 0 aliphatic rings. The lowest BCUT2D eigenvalue weighted by Crippen LogP contribution is -2.61. The van der Waals surface area contributed by atoms with Crippen molar-refractivity contribution in [1.29, 1.82) is 0 Å². The third-order valence-corrected chi connectivity index (χ3v) is 11.7. The number of aromatic nitrogens is 2. The number of hydrogen-bond acceptors (Lipinski definition) is 19. The third kappa shape index (κ3) is 26.0. The van der Waals surface area contributed by atoms with E-state index in [4.69, 9.17) is 28.0 Å². The molecule has 0 aliphatic heterocycles. The van der Waals surface area contributed by atoms with Crippen molar-refractivity contribution in [2.24, 2.45) is 27.9 Å². The van der Waals surface area contributed by atoms with E-state index < -0.39 is 171 Å². The minimum Gasteiger partial charge on any atom is -0.508 e. The Morgan fingerprint density at radius 1 is 0.531 bits per heavy atom. The molecule has 1 heterocycles. The van der Waals surface area contributed by atoms with Gasteiger partial charge in [0.05, 0.1) is 32.0 Å². The summed E-state index contributed by atoms with van der Waals surface area (Å²) in [6.07, 6.45) is -1.47. The van der Waals surface area contributed by atoms with Crippen LogP contribution in [0.25, 0.3) is 0 Å². The fraction of sp³-hybridized carbons (Fsp3) is 0.532. The van der Waals surface area contributed by atoms with Gasteiger partial charge in [-0.15, -0.1) is 0 Å². The second kappa shape index (κ2) is 35.5. The number of phenolic OH excluding ortho intramolecular Hbond substituents is 1. The van der Waals surface area contributed by atoms with Gasteiger partial charge < -0.3 is 106 Å². The van der Waals surface area contributed by atoms with Gasteiger partial charge in [-0.1, -0.05) is 12.1 Å². The summed E-state index contributed by atoms with van der Waals surface area (Å²) in [5.41, 5.74) is 22.7. The van der Waals surface area contributed by atoms with Gasteiger partial charge in [-0.05, 0) is 69.2 Å². The second-order valence-electron chi connectivity index (χ2n) is 18.1. The number of carbonyl (C=O) groups excluding carboxylic acids is 8. The van der Waals surface area contributed by atoms with Gasteiger partial charge in [0.25, 0.3) is 0 Å². The van der Waals surface area contributed by atoms with E-state index in [9.17, 15) is 88.2 Å². The number of guanidine groups is 1. The quantitative estimate of drug-likeness (QED) is 0.0168. The van der Waals surface area contributed by atoms with Gasteiger partial charge in [-0.2, -0.15) is 0 Å². The summed E-state index contributed by atoms with van der Waals surface area (Å²) in [5.74, 6) is -15.7. The number of aliphatic hydroxyl groups is 2. The number of aliphatic hydroxyl groups excluding tert-OH is 2. The minimum atomic E-state index is -2.04. The molecule has 0 saturated carbocycles. The molecule has 0 spiro atoms. The molecule has 0 fully saturated rings. The first-order chi connectivity index (χ1) is 38.3. The number of nitrogens with zero attached hydrogens (tertiary/aromatic N) is 2. The monoisotopic (exact) mass is 1150 g/mol. The van der Waals surface area contributed by atoms with Crippen molar-refractivity contribution in [2.75, 3.05) is 26.3 Å². The predicted molar refractivity (Wildman–Crippen MR) is 278 cm³/mol. The van der Waals surface area contributed by atoms with E-state index >= 15 is 0 Å². The van der Waals surface area contributed by atoms with Gasteiger partial charge >= 0.3 is 23.9 Å². The topological polar surface area (TPSA) is 588 Å². The van der Waals surface area contributed by atoms with Crippen LogP contribution in [0.2, 0.25) is 0 Å². The number of carboxylic acid groups (broad SMARTS) is 4. The van der Waals surface area contributed by atoms with Crippen molar-refractivity contribution < 1.29 is 93.3 Å². The first-order valence-corrected chi connectivity index (χ1v) is 25.1. The molecular weight excluding hydrogens is 1080 g/mol. The van der Waals surface area contributed by atoms with Gasteiger partial charge in [0.1, 0.15) is 54.1 Å². The number of imidazole rings is 1. The summed E-state index contributed by atoms with van der Waals surface area (Å²) in [6.45, 7) is -2.29. The summed E-state index contributed by atoms with van der Waals surface area (Å²) in [4.78, 5) is 166. The number of benzene rings is 1. The Morgan fingerprint density at radius 2 is 0.975 bits per heavy atom. The molecular formula is C47H71N15O19. The Morgan fingerprint density at radius 3 is 1.46 bits per heavy atom. The highest BCUT2D eigenvalue weighted by Crippen LogP contribution is 2.13. The summed E-state index contributed by atoms with van der Waals surface area (Å²) in [7, 11) is 0. The first-order valence-electron chi connectivity index (χ1n) is 25.1. The molecule has 1 aromatic carbocycles. The van der Waals surface area contributed by atoms with Gasteiger partial charge in [0.2, 0.25) is 47.3 Å². The molecule has 8 amide bonds. The Labute approximate surface area is 461 Å². The van der Waals surface area contributed by atoms with Crippen molar-refractivity contribution in [3.8, 4) is 5.75 Å². The first kappa shape index (κ1) is 68.1. The van der Waals surface area contributed by atoms with Gasteiger partial charge in [-0.3, -0.25) is 57.7 Å².